The molecule has 21 heavy (non-hydrogen) atoms. The number of hydrogen-bond donors (Lipinski definition) is 3. The van der Waals surface area contributed by atoms with Gasteiger partial charge in [0, 0.05) is 5.56 Å². The zero-order chi connectivity index (χ0) is 15.8. The maximum atomic E-state index is 11.9. The number of carboxylic acid groups (broad SMARTS) is 2. The zero-order valence-electron chi connectivity index (χ0n) is 11.5. The van der Waals surface area contributed by atoms with Crippen LogP contribution in [-0.2, 0) is 9.59 Å². The minimum atomic E-state index is -1.48. The molecule has 3 N–H and O–H groups in total. The van der Waals surface area contributed by atoms with E-state index in [0.29, 0.717) is 12.4 Å². The molecule has 1 amide bonds. The molecule has 0 bridgehead atoms. The molecule has 0 aliphatic carbocycles. The quantitative estimate of drug-likeness (QED) is 0.662. The first-order valence-corrected chi connectivity index (χ1v) is 6.42. The fourth-order valence-corrected chi connectivity index (χ4v) is 1.56. The van der Waals surface area contributed by atoms with Gasteiger partial charge in [0.15, 0.2) is 0 Å². The maximum Gasteiger partial charge on any atom is 0.326 e. The molecule has 0 aliphatic heterocycles. The first-order valence-electron chi connectivity index (χ1n) is 6.42. The monoisotopic (exact) mass is 295 g/mol. The van der Waals surface area contributed by atoms with Crippen LogP contribution in [0.25, 0.3) is 0 Å². The topological polar surface area (TPSA) is 113 Å². The lowest BCUT2D eigenvalue weighted by Gasteiger charge is -2.13. The highest BCUT2D eigenvalue weighted by molar-refractivity contribution is 5.97. The van der Waals surface area contributed by atoms with Crippen LogP contribution in [0.5, 0.6) is 5.75 Å². The van der Waals surface area contributed by atoms with Gasteiger partial charge in [0.1, 0.15) is 11.8 Å². The van der Waals surface area contributed by atoms with Crippen LogP contribution in [0.2, 0.25) is 0 Å². The first-order chi connectivity index (χ1) is 9.93. The summed E-state index contributed by atoms with van der Waals surface area (Å²) in [5, 5.41) is 19.7. The van der Waals surface area contributed by atoms with Crippen LogP contribution in [0.1, 0.15) is 30.1 Å². The average molecular weight is 295 g/mol. The van der Waals surface area contributed by atoms with Crippen molar-refractivity contribution < 1.29 is 29.3 Å². The van der Waals surface area contributed by atoms with E-state index in [1.807, 2.05) is 6.92 Å². The van der Waals surface area contributed by atoms with Crippen LogP contribution in [0, 0.1) is 0 Å². The molecule has 1 atom stereocenters. The van der Waals surface area contributed by atoms with Crippen LogP contribution in [0.15, 0.2) is 24.3 Å². The maximum absolute atomic E-state index is 11.9. The predicted octanol–water partition coefficient (Wildman–Crippen LogP) is 1.13. The van der Waals surface area contributed by atoms with E-state index in [1.165, 1.54) is 12.1 Å². The Morgan fingerprint density at radius 3 is 2.57 bits per heavy atom. The molecule has 0 aromatic heterocycles. The van der Waals surface area contributed by atoms with Crippen molar-refractivity contribution in [3.05, 3.63) is 29.8 Å². The van der Waals surface area contributed by atoms with E-state index in [1.54, 1.807) is 12.1 Å². The molecule has 7 nitrogen and oxygen atoms in total. The number of amides is 1. The van der Waals surface area contributed by atoms with Gasteiger partial charge in [0.05, 0.1) is 13.0 Å². The van der Waals surface area contributed by atoms with E-state index in [0.717, 1.165) is 6.42 Å². The molecule has 0 spiro atoms. The summed E-state index contributed by atoms with van der Waals surface area (Å²) in [5.41, 5.74) is 0.209. The largest absolute Gasteiger partial charge is 0.494 e. The third-order valence-electron chi connectivity index (χ3n) is 2.55. The molecule has 1 rings (SSSR count). The molecule has 7 heteroatoms. The lowest BCUT2D eigenvalue weighted by atomic mass is 10.1. The van der Waals surface area contributed by atoms with Gasteiger partial charge in [-0.15, -0.1) is 0 Å². The molecule has 0 unspecified atom stereocenters. The number of rotatable bonds is 8. The van der Waals surface area contributed by atoms with Crippen molar-refractivity contribution in [1.82, 2.24) is 5.32 Å². The van der Waals surface area contributed by atoms with Gasteiger partial charge >= 0.3 is 11.9 Å². The standard InChI is InChI=1S/C14H17NO6/c1-2-6-21-10-5-3-4-9(7-10)13(18)15-11(14(19)20)8-12(16)17/h3-5,7,11H,2,6,8H2,1H3,(H,15,18)(H,16,17)(H,19,20)/t11-/m0/s1. The number of ether oxygens (including phenoxy) is 1. The molecule has 0 saturated heterocycles. The Kier molecular flexibility index (Phi) is 6.19. The van der Waals surface area contributed by atoms with Gasteiger partial charge in [-0.2, -0.15) is 0 Å². The molecule has 0 fully saturated rings. The van der Waals surface area contributed by atoms with Crippen LogP contribution in [0.4, 0.5) is 0 Å². The van der Waals surface area contributed by atoms with E-state index >= 15 is 0 Å². The lowest BCUT2D eigenvalue weighted by molar-refractivity contribution is -0.145. The average Bonchev–Trinajstić information content (AvgIpc) is 2.44. The van der Waals surface area contributed by atoms with Gasteiger partial charge in [-0.1, -0.05) is 13.0 Å². The van der Waals surface area contributed by atoms with Crippen molar-refractivity contribution in [3.63, 3.8) is 0 Å². The molecule has 0 radical (unpaired) electrons. The molecular formula is C14H17NO6. The Morgan fingerprint density at radius 2 is 2.00 bits per heavy atom. The normalized spacial score (nSPS) is 11.5. The summed E-state index contributed by atoms with van der Waals surface area (Å²) in [4.78, 5) is 33.4. The number of hydrogen-bond acceptors (Lipinski definition) is 4. The molecule has 114 valence electrons. The molecule has 0 heterocycles. The van der Waals surface area contributed by atoms with E-state index in [4.69, 9.17) is 14.9 Å². The SMILES string of the molecule is CCCOc1cccc(C(=O)N[C@@H](CC(=O)O)C(=O)O)c1. The summed E-state index contributed by atoms with van der Waals surface area (Å²) < 4.78 is 5.37. The lowest BCUT2D eigenvalue weighted by Crippen LogP contribution is -2.42. The highest BCUT2D eigenvalue weighted by Gasteiger charge is 2.23. The van der Waals surface area contributed by atoms with Gasteiger partial charge in [0.25, 0.3) is 5.91 Å². The number of aliphatic carboxylic acids is 2. The number of carbonyl (C=O) groups excluding carboxylic acids is 1. The predicted molar refractivity (Wildman–Crippen MR) is 73.4 cm³/mol. The van der Waals surface area contributed by atoms with Crippen LogP contribution in [-0.4, -0.2) is 40.7 Å². The molecule has 1 aromatic carbocycles. The van der Waals surface area contributed by atoms with Crippen molar-refractivity contribution in [2.75, 3.05) is 6.61 Å². The summed E-state index contributed by atoms with van der Waals surface area (Å²) in [5.74, 6) is -2.87. The fraction of sp³-hybridized carbons (Fsp3) is 0.357. The number of nitrogens with one attached hydrogen (secondary N) is 1. The van der Waals surface area contributed by atoms with Gasteiger partial charge in [-0.3, -0.25) is 9.59 Å². The fourth-order valence-electron chi connectivity index (χ4n) is 1.56. The Labute approximate surface area is 121 Å². The minimum Gasteiger partial charge on any atom is -0.494 e. The summed E-state index contributed by atoms with van der Waals surface area (Å²) in [6.07, 6.45) is 0.128. The van der Waals surface area contributed by atoms with Crippen LogP contribution < -0.4 is 10.1 Å². The Morgan fingerprint density at radius 1 is 1.29 bits per heavy atom. The van der Waals surface area contributed by atoms with E-state index in [9.17, 15) is 14.4 Å². The summed E-state index contributed by atoms with van der Waals surface area (Å²) in [6.45, 7) is 2.45. The second-order valence-corrected chi connectivity index (χ2v) is 4.34. The second-order valence-electron chi connectivity index (χ2n) is 4.34. The Balaban J connectivity index is 2.77. The van der Waals surface area contributed by atoms with Gasteiger partial charge < -0.3 is 20.3 Å². The van der Waals surface area contributed by atoms with Gasteiger partial charge in [-0.05, 0) is 24.6 Å². The summed E-state index contributed by atoms with van der Waals surface area (Å²) in [6, 6.07) is 4.78. The van der Waals surface area contributed by atoms with E-state index < -0.39 is 30.3 Å². The van der Waals surface area contributed by atoms with E-state index in [-0.39, 0.29) is 5.56 Å². The Bertz CT molecular complexity index is 528. The van der Waals surface area contributed by atoms with Gasteiger partial charge in [-0.25, -0.2) is 4.79 Å². The Hall–Kier alpha value is -2.57. The summed E-state index contributed by atoms with van der Waals surface area (Å²) >= 11 is 0. The molecule has 0 saturated carbocycles. The highest BCUT2D eigenvalue weighted by Crippen LogP contribution is 2.14. The van der Waals surface area contributed by atoms with Crippen LogP contribution in [0.3, 0.4) is 0 Å². The second kappa shape index (κ2) is 7.88. The van der Waals surface area contributed by atoms with Crippen molar-refractivity contribution in [2.45, 2.75) is 25.8 Å². The third kappa shape index (κ3) is 5.52. The number of carboxylic acids is 2. The minimum absolute atomic E-state index is 0.209. The molecule has 1 aromatic rings. The first kappa shape index (κ1) is 16.5. The van der Waals surface area contributed by atoms with E-state index in [2.05, 4.69) is 5.32 Å². The van der Waals surface area contributed by atoms with Crippen LogP contribution >= 0.6 is 0 Å². The van der Waals surface area contributed by atoms with Crippen molar-refractivity contribution in [3.8, 4) is 5.75 Å². The van der Waals surface area contributed by atoms with Crippen molar-refractivity contribution in [2.24, 2.45) is 0 Å². The summed E-state index contributed by atoms with van der Waals surface area (Å²) in [7, 11) is 0. The van der Waals surface area contributed by atoms with Crippen molar-refractivity contribution in [1.29, 1.82) is 0 Å². The highest BCUT2D eigenvalue weighted by atomic mass is 16.5. The number of benzene rings is 1. The number of carbonyl (C=O) groups is 3. The van der Waals surface area contributed by atoms with Gasteiger partial charge in [0.2, 0.25) is 0 Å². The van der Waals surface area contributed by atoms with Crippen molar-refractivity contribution >= 4 is 17.8 Å². The molecule has 0 aliphatic rings. The third-order valence-corrected chi connectivity index (χ3v) is 2.55. The zero-order valence-corrected chi connectivity index (χ0v) is 11.5. The smallest absolute Gasteiger partial charge is 0.326 e. The molecular weight excluding hydrogens is 278 g/mol.